The number of hydrogen-bond acceptors (Lipinski definition) is 5. The van der Waals surface area contributed by atoms with Gasteiger partial charge in [0.1, 0.15) is 5.82 Å². The van der Waals surface area contributed by atoms with Crippen LogP contribution in [0.25, 0.3) is 11.3 Å². The van der Waals surface area contributed by atoms with Crippen LogP contribution in [0.5, 0.6) is 11.5 Å². The van der Waals surface area contributed by atoms with Crippen molar-refractivity contribution in [1.82, 2.24) is 14.8 Å². The molecule has 4 heterocycles. The molecule has 0 saturated heterocycles. The third-order valence-corrected chi connectivity index (χ3v) is 4.90. The monoisotopic (exact) mass is 362 g/mol. The SMILES string of the molecule is Cn1cc(-c2ccc3c(n2)N(C(=O)c2ccc4c(c2)OCO4)CCC3)cn1. The number of anilines is 1. The summed E-state index contributed by atoms with van der Waals surface area (Å²) in [6.07, 6.45) is 5.53. The zero-order chi connectivity index (χ0) is 18.4. The van der Waals surface area contributed by atoms with Crippen molar-refractivity contribution in [1.29, 1.82) is 0 Å². The third-order valence-electron chi connectivity index (χ3n) is 4.90. The average molecular weight is 362 g/mol. The van der Waals surface area contributed by atoms with Gasteiger partial charge in [0.2, 0.25) is 6.79 Å². The van der Waals surface area contributed by atoms with Gasteiger partial charge in [-0.25, -0.2) is 4.98 Å². The Balaban J connectivity index is 1.52. The number of rotatable bonds is 2. The van der Waals surface area contributed by atoms with E-state index in [1.165, 1.54) is 0 Å². The van der Waals surface area contributed by atoms with Crippen LogP contribution in [0.1, 0.15) is 22.3 Å². The molecule has 0 fully saturated rings. The van der Waals surface area contributed by atoms with Crippen molar-refractivity contribution >= 4 is 11.7 Å². The van der Waals surface area contributed by atoms with E-state index in [0.29, 0.717) is 23.6 Å². The summed E-state index contributed by atoms with van der Waals surface area (Å²) >= 11 is 0. The Morgan fingerprint density at radius 2 is 2.04 bits per heavy atom. The number of hydrogen-bond donors (Lipinski definition) is 0. The lowest BCUT2D eigenvalue weighted by molar-refractivity contribution is 0.0984. The molecule has 0 N–H and O–H groups in total. The van der Waals surface area contributed by atoms with Crippen molar-refractivity contribution in [3.8, 4) is 22.8 Å². The number of ether oxygens (including phenoxy) is 2. The van der Waals surface area contributed by atoms with E-state index in [4.69, 9.17) is 14.5 Å². The Hall–Kier alpha value is -3.35. The molecule has 1 amide bonds. The standard InChI is InChI=1S/C20H18N4O3/c1-23-11-15(10-21-23)16-6-4-13-3-2-8-24(19(13)22-16)20(25)14-5-7-17-18(9-14)27-12-26-17/h4-7,9-11H,2-3,8,12H2,1H3. The summed E-state index contributed by atoms with van der Waals surface area (Å²) in [7, 11) is 1.87. The predicted molar refractivity (Wildman–Crippen MR) is 99.0 cm³/mol. The number of benzene rings is 1. The van der Waals surface area contributed by atoms with Crippen LogP contribution in [0.3, 0.4) is 0 Å². The Morgan fingerprint density at radius 1 is 1.15 bits per heavy atom. The van der Waals surface area contributed by atoms with Gasteiger partial charge in [-0.3, -0.25) is 14.4 Å². The minimum absolute atomic E-state index is 0.0786. The number of aryl methyl sites for hydroxylation is 2. The van der Waals surface area contributed by atoms with E-state index in [1.807, 2.05) is 19.3 Å². The smallest absolute Gasteiger partial charge is 0.259 e. The molecule has 0 aliphatic carbocycles. The van der Waals surface area contributed by atoms with Gasteiger partial charge in [0.15, 0.2) is 11.5 Å². The molecule has 2 aliphatic rings. The number of carbonyl (C=O) groups is 1. The number of aromatic nitrogens is 3. The van der Waals surface area contributed by atoms with E-state index in [2.05, 4.69) is 11.2 Å². The van der Waals surface area contributed by atoms with Gasteiger partial charge >= 0.3 is 0 Å². The highest BCUT2D eigenvalue weighted by Crippen LogP contribution is 2.34. The van der Waals surface area contributed by atoms with Gasteiger partial charge in [-0.15, -0.1) is 0 Å². The molecule has 0 radical (unpaired) electrons. The number of pyridine rings is 1. The molecule has 0 saturated carbocycles. The molecule has 0 bridgehead atoms. The van der Waals surface area contributed by atoms with Crippen molar-refractivity contribution in [3.63, 3.8) is 0 Å². The van der Waals surface area contributed by atoms with Crippen LogP contribution >= 0.6 is 0 Å². The first-order valence-corrected chi connectivity index (χ1v) is 8.89. The van der Waals surface area contributed by atoms with E-state index >= 15 is 0 Å². The quantitative estimate of drug-likeness (QED) is 0.701. The Bertz CT molecular complexity index is 1040. The summed E-state index contributed by atoms with van der Waals surface area (Å²) < 4.78 is 12.5. The zero-order valence-electron chi connectivity index (χ0n) is 14.9. The fourth-order valence-corrected chi connectivity index (χ4v) is 3.54. The van der Waals surface area contributed by atoms with Crippen molar-refractivity contribution in [2.75, 3.05) is 18.2 Å². The highest BCUT2D eigenvalue weighted by molar-refractivity contribution is 6.06. The molecule has 0 unspecified atom stereocenters. The summed E-state index contributed by atoms with van der Waals surface area (Å²) in [5.74, 6) is 1.92. The Kier molecular flexibility index (Phi) is 3.60. The maximum Gasteiger partial charge on any atom is 0.259 e. The maximum absolute atomic E-state index is 13.2. The summed E-state index contributed by atoms with van der Waals surface area (Å²) in [4.78, 5) is 19.7. The number of amides is 1. The molecular weight excluding hydrogens is 344 g/mol. The van der Waals surface area contributed by atoms with E-state index in [1.54, 1.807) is 34.0 Å². The van der Waals surface area contributed by atoms with Gasteiger partial charge in [0.25, 0.3) is 5.91 Å². The van der Waals surface area contributed by atoms with Crippen LogP contribution in [-0.2, 0) is 13.5 Å². The third kappa shape index (κ3) is 2.71. The first kappa shape index (κ1) is 15.9. The lowest BCUT2D eigenvalue weighted by Gasteiger charge is -2.28. The van der Waals surface area contributed by atoms with E-state index < -0.39 is 0 Å². The summed E-state index contributed by atoms with van der Waals surface area (Å²) in [5.41, 5.74) is 3.40. The summed E-state index contributed by atoms with van der Waals surface area (Å²) in [6, 6.07) is 9.34. The number of nitrogens with zero attached hydrogens (tertiary/aromatic N) is 4. The van der Waals surface area contributed by atoms with E-state index in [9.17, 15) is 4.79 Å². The van der Waals surface area contributed by atoms with Crippen molar-refractivity contribution in [2.45, 2.75) is 12.8 Å². The molecule has 0 atom stereocenters. The molecule has 7 heteroatoms. The summed E-state index contributed by atoms with van der Waals surface area (Å²) in [5, 5.41) is 4.21. The van der Waals surface area contributed by atoms with Crippen LogP contribution < -0.4 is 14.4 Å². The van der Waals surface area contributed by atoms with E-state index in [0.717, 1.165) is 35.5 Å². The Labute approximate surface area is 156 Å². The van der Waals surface area contributed by atoms with Gasteiger partial charge in [0.05, 0.1) is 11.9 Å². The normalized spacial score (nSPS) is 14.9. The van der Waals surface area contributed by atoms with Gasteiger partial charge < -0.3 is 9.47 Å². The molecule has 2 aliphatic heterocycles. The van der Waals surface area contributed by atoms with Crippen LogP contribution in [0.4, 0.5) is 5.82 Å². The first-order chi connectivity index (χ1) is 13.2. The lowest BCUT2D eigenvalue weighted by atomic mass is 10.0. The van der Waals surface area contributed by atoms with Crippen LogP contribution in [0.15, 0.2) is 42.7 Å². The molecule has 27 heavy (non-hydrogen) atoms. The maximum atomic E-state index is 13.2. The lowest BCUT2D eigenvalue weighted by Crippen LogP contribution is -2.36. The molecule has 2 aromatic heterocycles. The number of carbonyl (C=O) groups excluding carboxylic acids is 1. The molecule has 3 aromatic rings. The molecular formula is C20H18N4O3. The van der Waals surface area contributed by atoms with E-state index in [-0.39, 0.29) is 12.7 Å². The summed E-state index contributed by atoms with van der Waals surface area (Å²) in [6.45, 7) is 0.833. The largest absolute Gasteiger partial charge is 0.454 e. The van der Waals surface area contributed by atoms with Gasteiger partial charge in [0, 0.05) is 30.9 Å². The fraction of sp³-hybridized carbons (Fsp3) is 0.250. The highest BCUT2D eigenvalue weighted by atomic mass is 16.7. The van der Waals surface area contributed by atoms with Crippen molar-refractivity contribution < 1.29 is 14.3 Å². The molecule has 1 aromatic carbocycles. The minimum atomic E-state index is -0.0786. The minimum Gasteiger partial charge on any atom is -0.454 e. The van der Waals surface area contributed by atoms with Crippen molar-refractivity contribution in [3.05, 3.63) is 53.9 Å². The topological polar surface area (TPSA) is 69.5 Å². The second-order valence-corrected chi connectivity index (χ2v) is 6.71. The zero-order valence-corrected chi connectivity index (χ0v) is 14.9. The molecule has 136 valence electrons. The fourth-order valence-electron chi connectivity index (χ4n) is 3.54. The van der Waals surface area contributed by atoms with Gasteiger partial charge in [-0.1, -0.05) is 6.07 Å². The number of fused-ring (bicyclic) bond motifs is 2. The molecule has 0 spiro atoms. The molecule has 7 nitrogen and oxygen atoms in total. The second kappa shape index (κ2) is 6.12. The van der Waals surface area contributed by atoms with Crippen LogP contribution in [0.2, 0.25) is 0 Å². The van der Waals surface area contributed by atoms with Gasteiger partial charge in [-0.2, -0.15) is 5.10 Å². The second-order valence-electron chi connectivity index (χ2n) is 6.71. The molecule has 5 rings (SSSR count). The average Bonchev–Trinajstić information content (AvgIpc) is 3.34. The Morgan fingerprint density at radius 3 is 2.89 bits per heavy atom. The van der Waals surface area contributed by atoms with Crippen molar-refractivity contribution in [2.24, 2.45) is 7.05 Å². The van der Waals surface area contributed by atoms with Crippen LogP contribution in [-0.4, -0.2) is 34.0 Å². The first-order valence-electron chi connectivity index (χ1n) is 8.89. The van der Waals surface area contributed by atoms with Crippen LogP contribution in [0, 0.1) is 0 Å². The van der Waals surface area contributed by atoms with Gasteiger partial charge in [-0.05, 0) is 42.7 Å². The highest BCUT2D eigenvalue weighted by Gasteiger charge is 2.27. The predicted octanol–water partition coefficient (Wildman–Crippen LogP) is 2.80.